The van der Waals surface area contributed by atoms with Crippen LogP contribution in [0.5, 0.6) is 0 Å². The van der Waals surface area contributed by atoms with Crippen LogP contribution in [0.3, 0.4) is 0 Å². The number of nitro groups is 1. The van der Waals surface area contributed by atoms with E-state index in [0.717, 1.165) is 24.9 Å². The highest BCUT2D eigenvalue weighted by Gasteiger charge is 2.18. The number of aryl methyl sites for hydroxylation is 1. The van der Waals surface area contributed by atoms with Gasteiger partial charge in [0.2, 0.25) is 5.91 Å². The molecular weight excluding hydrogens is 346 g/mol. The summed E-state index contributed by atoms with van der Waals surface area (Å²) in [5.41, 5.74) is 2.35. The Labute approximate surface area is 157 Å². The van der Waals surface area contributed by atoms with Gasteiger partial charge in [-0.15, -0.1) is 0 Å². The molecule has 0 aliphatic carbocycles. The fourth-order valence-corrected chi connectivity index (χ4v) is 3.20. The van der Waals surface area contributed by atoms with Crippen molar-refractivity contribution in [2.24, 2.45) is 0 Å². The molecule has 1 aliphatic heterocycles. The molecule has 140 valence electrons. The number of hydrogen-bond acceptors (Lipinski definition) is 4. The number of nitro benzene ring substituents is 1. The Hall–Kier alpha value is -3.22. The number of amides is 2. The first-order valence-corrected chi connectivity index (χ1v) is 8.87. The van der Waals surface area contributed by atoms with Gasteiger partial charge in [0.1, 0.15) is 0 Å². The van der Waals surface area contributed by atoms with E-state index < -0.39 is 4.92 Å². The molecule has 1 N–H and O–H groups in total. The minimum Gasteiger partial charge on any atom is -0.338 e. The molecule has 3 rings (SSSR count). The maximum Gasteiger partial charge on any atom is 0.272 e. The zero-order valence-corrected chi connectivity index (χ0v) is 15.1. The molecule has 1 saturated heterocycles. The number of rotatable bonds is 5. The van der Waals surface area contributed by atoms with Crippen LogP contribution in [-0.4, -0.2) is 28.2 Å². The third-order valence-electron chi connectivity index (χ3n) is 4.64. The fourth-order valence-electron chi connectivity index (χ4n) is 3.20. The molecular formula is C20H21N3O4. The Morgan fingerprint density at radius 3 is 2.74 bits per heavy atom. The second-order valence-corrected chi connectivity index (χ2v) is 6.69. The van der Waals surface area contributed by atoms with Gasteiger partial charge in [-0.1, -0.05) is 12.1 Å². The molecule has 1 aliphatic rings. The predicted octanol–water partition coefficient (Wildman–Crippen LogP) is 3.67. The van der Waals surface area contributed by atoms with Crippen molar-refractivity contribution in [3.8, 4) is 0 Å². The van der Waals surface area contributed by atoms with Crippen LogP contribution >= 0.6 is 0 Å². The lowest BCUT2D eigenvalue weighted by Gasteiger charge is -2.26. The summed E-state index contributed by atoms with van der Waals surface area (Å²) in [5, 5.41) is 13.7. The van der Waals surface area contributed by atoms with Crippen molar-refractivity contribution in [3.63, 3.8) is 0 Å². The molecule has 7 nitrogen and oxygen atoms in total. The summed E-state index contributed by atoms with van der Waals surface area (Å²) in [7, 11) is 0. The molecule has 1 fully saturated rings. The Morgan fingerprint density at radius 1 is 1.22 bits per heavy atom. The molecule has 0 saturated carbocycles. The number of carbonyl (C=O) groups is 2. The van der Waals surface area contributed by atoms with E-state index in [1.165, 1.54) is 18.2 Å². The lowest BCUT2D eigenvalue weighted by Crippen LogP contribution is -2.34. The number of hydrogen-bond donors (Lipinski definition) is 1. The summed E-state index contributed by atoms with van der Waals surface area (Å²) in [5.74, 6) is -0.170. The van der Waals surface area contributed by atoms with Crippen molar-refractivity contribution in [3.05, 3.63) is 69.3 Å². The van der Waals surface area contributed by atoms with Gasteiger partial charge < -0.3 is 10.2 Å². The Morgan fingerprint density at radius 2 is 2.04 bits per heavy atom. The van der Waals surface area contributed by atoms with Crippen LogP contribution < -0.4 is 5.32 Å². The zero-order chi connectivity index (χ0) is 19.4. The second-order valence-electron chi connectivity index (χ2n) is 6.69. The highest BCUT2D eigenvalue weighted by molar-refractivity contribution is 6.04. The molecule has 7 heteroatoms. The molecule has 0 aromatic heterocycles. The van der Waals surface area contributed by atoms with Crippen molar-refractivity contribution in [2.45, 2.75) is 32.7 Å². The van der Waals surface area contributed by atoms with Gasteiger partial charge in [0.15, 0.2) is 0 Å². The van der Waals surface area contributed by atoms with Gasteiger partial charge in [-0.2, -0.15) is 0 Å². The Balaban J connectivity index is 1.70. The van der Waals surface area contributed by atoms with E-state index in [0.29, 0.717) is 29.8 Å². The van der Waals surface area contributed by atoms with Crippen LogP contribution in [0.2, 0.25) is 0 Å². The minimum atomic E-state index is -0.470. The molecule has 0 bridgehead atoms. The van der Waals surface area contributed by atoms with Crippen LogP contribution in [-0.2, 0) is 11.3 Å². The van der Waals surface area contributed by atoms with Crippen molar-refractivity contribution in [1.82, 2.24) is 4.90 Å². The van der Waals surface area contributed by atoms with Crippen LogP contribution in [0.1, 0.15) is 40.7 Å². The number of carbonyl (C=O) groups excluding carboxylic acids is 2. The summed E-state index contributed by atoms with van der Waals surface area (Å²) in [6.45, 7) is 2.89. The zero-order valence-electron chi connectivity index (χ0n) is 15.1. The highest BCUT2D eigenvalue weighted by atomic mass is 16.6. The van der Waals surface area contributed by atoms with E-state index in [2.05, 4.69) is 5.32 Å². The first-order chi connectivity index (χ1) is 12.9. The maximum absolute atomic E-state index is 12.5. The molecule has 0 radical (unpaired) electrons. The number of nitrogens with one attached hydrogen (secondary N) is 1. The van der Waals surface area contributed by atoms with Crippen LogP contribution in [0.25, 0.3) is 0 Å². The lowest BCUT2D eigenvalue weighted by atomic mass is 10.1. The first kappa shape index (κ1) is 18.6. The summed E-state index contributed by atoms with van der Waals surface area (Å²) < 4.78 is 0. The van der Waals surface area contributed by atoms with E-state index in [1.54, 1.807) is 13.0 Å². The summed E-state index contributed by atoms with van der Waals surface area (Å²) >= 11 is 0. The van der Waals surface area contributed by atoms with Crippen LogP contribution in [0.15, 0.2) is 42.5 Å². The van der Waals surface area contributed by atoms with E-state index >= 15 is 0 Å². The summed E-state index contributed by atoms with van der Waals surface area (Å²) in [6, 6.07) is 11.7. The van der Waals surface area contributed by atoms with Gasteiger partial charge in [-0.25, -0.2) is 0 Å². The van der Waals surface area contributed by atoms with Crippen molar-refractivity contribution >= 4 is 23.2 Å². The number of likely N-dealkylation sites (tertiary alicyclic amines) is 1. The van der Waals surface area contributed by atoms with E-state index in [4.69, 9.17) is 0 Å². The number of piperidine rings is 1. The lowest BCUT2D eigenvalue weighted by molar-refractivity contribution is -0.385. The highest BCUT2D eigenvalue weighted by Crippen LogP contribution is 2.21. The Kier molecular flexibility index (Phi) is 5.49. The van der Waals surface area contributed by atoms with Gasteiger partial charge in [-0.3, -0.25) is 19.7 Å². The monoisotopic (exact) mass is 367 g/mol. The largest absolute Gasteiger partial charge is 0.338 e. The van der Waals surface area contributed by atoms with Crippen molar-refractivity contribution < 1.29 is 14.5 Å². The summed E-state index contributed by atoms with van der Waals surface area (Å²) in [6.07, 6.45) is 2.55. The minimum absolute atomic E-state index is 0.0141. The predicted molar refractivity (Wildman–Crippen MR) is 101 cm³/mol. The van der Waals surface area contributed by atoms with Gasteiger partial charge in [-0.05, 0) is 49.6 Å². The number of anilines is 1. The van der Waals surface area contributed by atoms with E-state index in [1.807, 2.05) is 23.1 Å². The number of nitrogens with zero attached hydrogens (tertiary/aromatic N) is 2. The third-order valence-corrected chi connectivity index (χ3v) is 4.64. The van der Waals surface area contributed by atoms with Crippen LogP contribution in [0.4, 0.5) is 11.4 Å². The molecule has 2 amide bonds. The average Bonchev–Trinajstić information content (AvgIpc) is 2.63. The molecule has 2 aromatic rings. The molecule has 0 atom stereocenters. The smallest absolute Gasteiger partial charge is 0.272 e. The Bertz CT molecular complexity index is 895. The standard InChI is InChI=1S/C20H21N3O4/c1-14-11-16(8-9-18(14)23(26)27)20(25)21-17-6-4-5-15(12-17)13-22-10-3-2-7-19(22)24/h4-6,8-9,11-12H,2-3,7,10,13H2,1H3,(H,21,25). The van der Waals surface area contributed by atoms with Crippen molar-refractivity contribution in [1.29, 1.82) is 0 Å². The van der Waals surface area contributed by atoms with E-state index in [-0.39, 0.29) is 17.5 Å². The topological polar surface area (TPSA) is 92.6 Å². The fraction of sp³-hybridized carbons (Fsp3) is 0.300. The van der Waals surface area contributed by atoms with Crippen molar-refractivity contribution in [2.75, 3.05) is 11.9 Å². The second kappa shape index (κ2) is 7.99. The maximum atomic E-state index is 12.5. The summed E-state index contributed by atoms with van der Waals surface area (Å²) in [4.78, 5) is 36.7. The van der Waals surface area contributed by atoms with E-state index in [9.17, 15) is 19.7 Å². The molecule has 0 spiro atoms. The van der Waals surface area contributed by atoms with Gasteiger partial charge in [0.05, 0.1) is 4.92 Å². The molecule has 27 heavy (non-hydrogen) atoms. The van der Waals surface area contributed by atoms with Gasteiger partial charge >= 0.3 is 0 Å². The molecule has 1 heterocycles. The molecule has 2 aromatic carbocycles. The first-order valence-electron chi connectivity index (χ1n) is 8.87. The quantitative estimate of drug-likeness (QED) is 0.645. The normalized spacial score (nSPS) is 14.1. The van der Waals surface area contributed by atoms with Gasteiger partial charge in [0.25, 0.3) is 11.6 Å². The van der Waals surface area contributed by atoms with Crippen LogP contribution in [0, 0.1) is 17.0 Å². The average molecular weight is 367 g/mol. The number of benzene rings is 2. The third kappa shape index (κ3) is 4.49. The SMILES string of the molecule is Cc1cc(C(=O)Nc2cccc(CN3CCCCC3=O)c2)ccc1[N+](=O)[O-]. The molecule has 0 unspecified atom stereocenters. The van der Waals surface area contributed by atoms with Gasteiger partial charge in [0, 0.05) is 42.4 Å².